The van der Waals surface area contributed by atoms with E-state index in [4.69, 9.17) is 21.1 Å². The fourth-order valence-corrected chi connectivity index (χ4v) is 4.42. The van der Waals surface area contributed by atoms with Crippen molar-refractivity contribution in [1.29, 1.82) is 0 Å². The molecule has 0 N–H and O–H groups in total. The van der Waals surface area contributed by atoms with E-state index in [2.05, 4.69) is 4.90 Å². The van der Waals surface area contributed by atoms with Crippen molar-refractivity contribution in [1.82, 2.24) is 4.90 Å². The second-order valence-corrected chi connectivity index (χ2v) is 8.17. The maximum atomic E-state index is 13.1. The van der Waals surface area contributed by atoms with Gasteiger partial charge >= 0.3 is 0 Å². The van der Waals surface area contributed by atoms with Gasteiger partial charge in [-0.15, -0.1) is 0 Å². The average Bonchev–Trinajstić information content (AvgIpc) is 3.19. The zero-order chi connectivity index (χ0) is 22.0. The van der Waals surface area contributed by atoms with Gasteiger partial charge in [0.05, 0.1) is 20.1 Å². The Morgan fingerprint density at radius 2 is 1.71 bits per heavy atom. The van der Waals surface area contributed by atoms with Crippen molar-refractivity contribution in [2.45, 2.75) is 6.42 Å². The Morgan fingerprint density at radius 1 is 0.968 bits per heavy atom. The van der Waals surface area contributed by atoms with Crippen molar-refractivity contribution in [3.05, 3.63) is 47.5 Å². The first-order chi connectivity index (χ1) is 15.0. The summed E-state index contributed by atoms with van der Waals surface area (Å²) in [5, 5.41) is 0.704. The van der Waals surface area contributed by atoms with Gasteiger partial charge in [0.2, 0.25) is 11.8 Å². The van der Waals surface area contributed by atoms with Crippen molar-refractivity contribution < 1.29 is 19.1 Å². The first kappa shape index (κ1) is 21.3. The molecule has 2 saturated heterocycles. The molecule has 2 aliphatic heterocycles. The van der Waals surface area contributed by atoms with Crippen LogP contribution in [0.5, 0.6) is 11.5 Å². The van der Waals surface area contributed by atoms with Crippen LogP contribution in [0, 0.1) is 5.92 Å². The van der Waals surface area contributed by atoms with E-state index in [0.717, 1.165) is 18.8 Å². The maximum Gasteiger partial charge on any atom is 0.228 e. The Balaban J connectivity index is 1.39. The van der Waals surface area contributed by atoms with Crippen LogP contribution in [0.25, 0.3) is 0 Å². The number of ether oxygens (including phenoxy) is 2. The lowest BCUT2D eigenvalue weighted by Crippen LogP contribution is -2.50. The highest BCUT2D eigenvalue weighted by molar-refractivity contribution is 6.30. The number of hydrogen-bond acceptors (Lipinski definition) is 5. The summed E-state index contributed by atoms with van der Waals surface area (Å²) in [6, 6.07) is 13.1. The lowest BCUT2D eigenvalue weighted by atomic mass is 10.1. The molecule has 2 heterocycles. The number of benzene rings is 2. The van der Waals surface area contributed by atoms with E-state index in [-0.39, 0.29) is 24.2 Å². The van der Waals surface area contributed by atoms with Gasteiger partial charge in [0.25, 0.3) is 0 Å². The molecule has 2 aliphatic rings. The molecule has 1 atom stereocenters. The zero-order valence-corrected chi connectivity index (χ0v) is 18.5. The number of anilines is 2. The Bertz CT molecular complexity index is 975. The van der Waals surface area contributed by atoms with Gasteiger partial charge in [-0.3, -0.25) is 9.59 Å². The lowest BCUT2D eigenvalue weighted by Gasteiger charge is -2.37. The van der Waals surface area contributed by atoms with Crippen LogP contribution in [0.2, 0.25) is 5.02 Å². The third-order valence-corrected chi connectivity index (χ3v) is 6.15. The molecular formula is C23H26ClN3O4. The van der Waals surface area contributed by atoms with E-state index in [1.807, 2.05) is 35.2 Å². The summed E-state index contributed by atoms with van der Waals surface area (Å²) >= 11 is 6.10. The molecule has 31 heavy (non-hydrogen) atoms. The molecule has 0 saturated carbocycles. The molecule has 2 aromatic carbocycles. The number of halogens is 1. The molecule has 2 aromatic rings. The molecule has 1 unspecified atom stereocenters. The molecule has 2 fully saturated rings. The molecular weight excluding hydrogens is 418 g/mol. The number of piperazine rings is 1. The fraction of sp³-hybridized carbons (Fsp3) is 0.391. The summed E-state index contributed by atoms with van der Waals surface area (Å²) in [4.78, 5) is 31.5. The summed E-state index contributed by atoms with van der Waals surface area (Å²) in [6.45, 7) is 3.12. The van der Waals surface area contributed by atoms with Gasteiger partial charge in [-0.05, 0) is 30.3 Å². The molecule has 0 aliphatic carbocycles. The van der Waals surface area contributed by atoms with Gasteiger partial charge in [0, 0.05) is 61.6 Å². The third kappa shape index (κ3) is 4.42. The van der Waals surface area contributed by atoms with E-state index in [9.17, 15) is 9.59 Å². The minimum Gasteiger partial charge on any atom is -0.493 e. The molecule has 4 rings (SSSR count). The Hall–Kier alpha value is -2.93. The van der Waals surface area contributed by atoms with Gasteiger partial charge in [0.15, 0.2) is 11.5 Å². The first-order valence-corrected chi connectivity index (χ1v) is 10.7. The molecule has 8 heteroatoms. The monoisotopic (exact) mass is 443 g/mol. The molecule has 164 valence electrons. The summed E-state index contributed by atoms with van der Waals surface area (Å²) < 4.78 is 10.6. The van der Waals surface area contributed by atoms with Crippen molar-refractivity contribution in [3.8, 4) is 11.5 Å². The van der Waals surface area contributed by atoms with Crippen molar-refractivity contribution in [2.24, 2.45) is 5.92 Å². The second kappa shape index (κ2) is 9.06. The number of methoxy groups -OCH3 is 2. The quantitative estimate of drug-likeness (QED) is 0.710. The smallest absolute Gasteiger partial charge is 0.228 e. The van der Waals surface area contributed by atoms with E-state index >= 15 is 0 Å². The van der Waals surface area contributed by atoms with Crippen molar-refractivity contribution >= 4 is 34.8 Å². The lowest BCUT2D eigenvalue weighted by molar-refractivity contribution is -0.136. The standard InChI is InChI=1S/C23H26ClN3O4/c1-30-20-7-6-19(14-21(20)31-2)27-15-16(12-22(27)28)23(29)26-10-8-25(9-11-26)18-5-3-4-17(24)13-18/h3-7,13-14,16H,8-12,15H2,1-2H3. The predicted octanol–water partition coefficient (Wildman–Crippen LogP) is 3.06. The summed E-state index contributed by atoms with van der Waals surface area (Å²) in [6.07, 6.45) is 0.224. The van der Waals surface area contributed by atoms with Crippen LogP contribution in [-0.4, -0.2) is 63.7 Å². The van der Waals surface area contributed by atoms with Crippen LogP contribution < -0.4 is 19.3 Å². The summed E-state index contributed by atoms with van der Waals surface area (Å²) in [7, 11) is 3.13. The highest BCUT2D eigenvalue weighted by atomic mass is 35.5. The predicted molar refractivity (Wildman–Crippen MR) is 120 cm³/mol. The van der Waals surface area contributed by atoms with E-state index < -0.39 is 0 Å². The molecule has 0 bridgehead atoms. The van der Waals surface area contributed by atoms with Gasteiger partial charge in [-0.2, -0.15) is 0 Å². The Labute approximate surface area is 187 Å². The summed E-state index contributed by atoms with van der Waals surface area (Å²) in [5.41, 5.74) is 1.78. The first-order valence-electron chi connectivity index (χ1n) is 10.3. The SMILES string of the molecule is COc1ccc(N2CC(C(=O)N3CCN(c4cccc(Cl)c4)CC3)CC2=O)cc1OC. The number of carbonyl (C=O) groups excluding carboxylic acids is 2. The van der Waals surface area contributed by atoms with Gasteiger partial charge in [-0.25, -0.2) is 0 Å². The zero-order valence-electron chi connectivity index (χ0n) is 17.7. The van der Waals surface area contributed by atoms with Gasteiger partial charge in [-0.1, -0.05) is 17.7 Å². The normalized spacial score (nSPS) is 19.0. The fourth-order valence-electron chi connectivity index (χ4n) is 4.23. The topological polar surface area (TPSA) is 62.3 Å². The molecule has 0 aromatic heterocycles. The Kier molecular flexibility index (Phi) is 6.23. The van der Waals surface area contributed by atoms with Crippen LogP contribution in [0.3, 0.4) is 0 Å². The minimum atomic E-state index is -0.335. The van der Waals surface area contributed by atoms with Crippen LogP contribution >= 0.6 is 11.6 Å². The van der Waals surface area contributed by atoms with Crippen molar-refractivity contribution in [3.63, 3.8) is 0 Å². The second-order valence-electron chi connectivity index (χ2n) is 7.74. The molecule has 0 radical (unpaired) electrons. The highest BCUT2D eigenvalue weighted by Crippen LogP contribution is 2.34. The largest absolute Gasteiger partial charge is 0.493 e. The maximum absolute atomic E-state index is 13.1. The average molecular weight is 444 g/mol. The summed E-state index contributed by atoms with van der Waals surface area (Å²) in [5.74, 6) is 0.811. The number of nitrogens with zero attached hydrogens (tertiary/aromatic N) is 3. The number of rotatable bonds is 5. The van der Waals surface area contributed by atoms with E-state index in [1.165, 1.54) is 0 Å². The van der Waals surface area contributed by atoms with Gasteiger partial charge < -0.3 is 24.2 Å². The van der Waals surface area contributed by atoms with Crippen LogP contribution in [0.4, 0.5) is 11.4 Å². The third-order valence-electron chi connectivity index (χ3n) is 5.92. The van der Waals surface area contributed by atoms with E-state index in [1.54, 1.807) is 31.3 Å². The van der Waals surface area contributed by atoms with Crippen molar-refractivity contribution in [2.75, 3.05) is 56.7 Å². The number of amides is 2. The van der Waals surface area contributed by atoms with Crippen LogP contribution in [0.15, 0.2) is 42.5 Å². The van der Waals surface area contributed by atoms with E-state index in [0.29, 0.717) is 41.8 Å². The number of hydrogen-bond donors (Lipinski definition) is 0. The Morgan fingerprint density at radius 3 is 2.39 bits per heavy atom. The molecule has 2 amide bonds. The van der Waals surface area contributed by atoms with Crippen LogP contribution in [-0.2, 0) is 9.59 Å². The molecule has 0 spiro atoms. The minimum absolute atomic E-state index is 0.0436. The number of carbonyl (C=O) groups is 2. The molecule has 7 nitrogen and oxygen atoms in total. The van der Waals surface area contributed by atoms with Crippen LogP contribution in [0.1, 0.15) is 6.42 Å². The highest BCUT2D eigenvalue weighted by Gasteiger charge is 2.38. The van der Waals surface area contributed by atoms with Gasteiger partial charge in [0.1, 0.15) is 0 Å².